The lowest BCUT2D eigenvalue weighted by Gasteiger charge is -2.29. The molecule has 0 amide bonds. The second-order valence-corrected chi connectivity index (χ2v) is 8.62. The Balaban J connectivity index is 1.36. The molecule has 1 aliphatic carbocycles. The third-order valence-electron chi connectivity index (χ3n) is 6.12. The number of Topliss-reactive ketones (excluding diaryl/α,β-unsaturated/α-hetero) is 1. The Morgan fingerprint density at radius 2 is 1.83 bits per heavy atom. The number of likely N-dealkylation sites (tertiary alicyclic amines) is 1. The molecule has 0 spiro atoms. The topological polar surface area (TPSA) is 79.2 Å². The molecule has 0 bridgehead atoms. The number of carbonyl (C=O) groups excluding carboxylic acids is 1. The summed E-state index contributed by atoms with van der Waals surface area (Å²) in [5.74, 6) is 0.521. The number of nitrogens with zero attached hydrogens (tertiary/aromatic N) is 4. The summed E-state index contributed by atoms with van der Waals surface area (Å²) in [6.07, 6.45) is 7.74. The normalized spacial score (nSPS) is 18.0. The number of hydrogen-bond donors (Lipinski definition) is 1. The van der Waals surface area contributed by atoms with Crippen LogP contribution in [0.1, 0.15) is 36.9 Å². The number of pyridine rings is 1. The number of fused-ring (bicyclic) bond motifs is 1. The van der Waals surface area contributed by atoms with Crippen LogP contribution < -0.4 is 0 Å². The van der Waals surface area contributed by atoms with Gasteiger partial charge in [-0.05, 0) is 61.1 Å². The molecule has 1 aliphatic heterocycles. The van der Waals surface area contributed by atoms with E-state index in [-0.39, 0.29) is 17.8 Å². The zero-order chi connectivity index (χ0) is 20.5. The Labute approximate surface area is 176 Å². The van der Waals surface area contributed by atoms with Gasteiger partial charge in [0.25, 0.3) is 0 Å². The SMILES string of the molecule is O=C(Cc1cc2cc(-c3cncc(CN4CCC(O)CC4)c3)ccc2nn1)C1CC1. The maximum absolute atomic E-state index is 12.1. The van der Waals surface area contributed by atoms with Gasteiger partial charge in [-0.2, -0.15) is 10.2 Å². The molecule has 1 saturated carbocycles. The van der Waals surface area contributed by atoms with Gasteiger partial charge in [-0.1, -0.05) is 6.07 Å². The van der Waals surface area contributed by atoms with Crippen LogP contribution in [0.15, 0.2) is 42.7 Å². The summed E-state index contributed by atoms with van der Waals surface area (Å²) in [6, 6.07) is 10.3. The minimum Gasteiger partial charge on any atom is -0.393 e. The first kappa shape index (κ1) is 19.3. The van der Waals surface area contributed by atoms with Crippen molar-refractivity contribution in [3.05, 3.63) is 54.0 Å². The van der Waals surface area contributed by atoms with Crippen LogP contribution in [-0.2, 0) is 17.8 Å². The van der Waals surface area contributed by atoms with Crippen molar-refractivity contribution in [2.45, 2.75) is 44.8 Å². The lowest BCUT2D eigenvalue weighted by Crippen LogP contribution is -2.35. The second-order valence-electron chi connectivity index (χ2n) is 8.62. The fourth-order valence-electron chi connectivity index (χ4n) is 4.15. The van der Waals surface area contributed by atoms with Crippen LogP contribution in [0.3, 0.4) is 0 Å². The number of piperidine rings is 1. The summed E-state index contributed by atoms with van der Waals surface area (Å²) < 4.78 is 0. The highest BCUT2D eigenvalue weighted by Gasteiger charge is 2.29. The monoisotopic (exact) mass is 402 g/mol. The molecule has 0 atom stereocenters. The molecule has 0 unspecified atom stereocenters. The standard InChI is InChI=1S/C24H26N4O2/c29-22-5-7-28(8-6-22)15-16-9-20(14-25-13-16)18-3-4-23-19(10-18)11-21(26-27-23)12-24(30)17-1-2-17/h3-4,9-11,13-14,17,22,29H,1-2,5-8,12,15H2. The molecule has 5 rings (SSSR count). The van der Waals surface area contributed by atoms with Crippen molar-refractivity contribution < 1.29 is 9.90 Å². The van der Waals surface area contributed by atoms with Crippen LogP contribution in [0, 0.1) is 5.92 Å². The Kier molecular flexibility index (Phi) is 5.27. The first-order chi connectivity index (χ1) is 14.6. The van der Waals surface area contributed by atoms with E-state index in [9.17, 15) is 9.90 Å². The Hall–Kier alpha value is -2.70. The van der Waals surface area contributed by atoms with Crippen LogP contribution in [-0.4, -0.2) is 50.2 Å². The molecule has 1 saturated heterocycles. The van der Waals surface area contributed by atoms with E-state index in [4.69, 9.17) is 0 Å². The molecule has 30 heavy (non-hydrogen) atoms. The molecule has 6 heteroatoms. The zero-order valence-corrected chi connectivity index (χ0v) is 17.0. The highest BCUT2D eigenvalue weighted by atomic mass is 16.3. The van der Waals surface area contributed by atoms with Gasteiger partial charge in [-0.3, -0.25) is 14.7 Å². The molecule has 2 fully saturated rings. The summed E-state index contributed by atoms with van der Waals surface area (Å²) in [5.41, 5.74) is 4.90. The van der Waals surface area contributed by atoms with E-state index in [1.807, 2.05) is 30.6 Å². The number of rotatable bonds is 6. The average Bonchev–Trinajstić information content (AvgIpc) is 3.61. The molecule has 1 aromatic carbocycles. The lowest BCUT2D eigenvalue weighted by atomic mass is 10.0. The van der Waals surface area contributed by atoms with Crippen LogP contribution in [0.4, 0.5) is 0 Å². The van der Waals surface area contributed by atoms with Gasteiger partial charge in [0.2, 0.25) is 0 Å². The molecule has 3 aromatic rings. The number of hydrogen-bond acceptors (Lipinski definition) is 6. The van der Waals surface area contributed by atoms with Gasteiger partial charge in [0.1, 0.15) is 5.78 Å². The van der Waals surface area contributed by atoms with Crippen molar-refractivity contribution in [3.8, 4) is 11.1 Å². The fourth-order valence-corrected chi connectivity index (χ4v) is 4.15. The summed E-state index contributed by atoms with van der Waals surface area (Å²) in [5, 5.41) is 19.2. The van der Waals surface area contributed by atoms with E-state index in [1.54, 1.807) is 0 Å². The predicted molar refractivity (Wildman–Crippen MR) is 115 cm³/mol. The molecule has 6 nitrogen and oxygen atoms in total. The molecule has 2 aromatic heterocycles. The van der Waals surface area contributed by atoms with Crippen LogP contribution in [0.2, 0.25) is 0 Å². The van der Waals surface area contributed by atoms with Crippen molar-refractivity contribution in [1.82, 2.24) is 20.1 Å². The highest BCUT2D eigenvalue weighted by molar-refractivity contribution is 5.87. The quantitative estimate of drug-likeness (QED) is 0.682. The van der Waals surface area contributed by atoms with Gasteiger partial charge in [0.15, 0.2) is 0 Å². The molecule has 3 heterocycles. The first-order valence-corrected chi connectivity index (χ1v) is 10.8. The van der Waals surface area contributed by atoms with Crippen molar-refractivity contribution in [1.29, 1.82) is 0 Å². The third-order valence-corrected chi connectivity index (χ3v) is 6.12. The number of aliphatic hydroxyl groups excluding tert-OH is 1. The third kappa shape index (κ3) is 4.40. The predicted octanol–water partition coefficient (Wildman–Crippen LogP) is 3.17. The van der Waals surface area contributed by atoms with E-state index in [1.165, 1.54) is 5.56 Å². The average molecular weight is 402 g/mol. The van der Waals surface area contributed by atoms with E-state index >= 15 is 0 Å². The van der Waals surface area contributed by atoms with Crippen molar-refractivity contribution >= 4 is 16.7 Å². The summed E-state index contributed by atoms with van der Waals surface area (Å²) in [7, 11) is 0. The molecule has 2 aliphatic rings. The molecule has 0 radical (unpaired) electrons. The van der Waals surface area contributed by atoms with E-state index in [0.717, 1.165) is 73.0 Å². The van der Waals surface area contributed by atoms with Crippen LogP contribution in [0.5, 0.6) is 0 Å². The number of benzene rings is 1. The Morgan fingerprint density at radius 3 is 2.63 bits per heavy atom. The molecular weight excluding hydrogens is 376 g/mol. The number of aliphatic hydroxyl groups is 1. The maximum atomic E-state index is 12.1. The van der Waals surface area contributed by atoms with Gasteiger partial charge >= 0.3 is 0 Å². The van der Waals surface area contributed by atoms with Crippen molar-refractivity contribution in [3.63, 3.8) is 0 Å². The minimum atomic E-state index is -0.157. The van der Waals surface area contributed by atoms with Crippen LogP contribution >= 0.6 is 0 Å². The molecule has 1 N–H and O–H groups in total. The van der Waals surface area contributed by atoms with Gasteiger partial charge in [-0.15, -0.1) is 0 Å². The smallest absolute Gasteiger partial charge is 0.141 e. The second kappa shape index (κ2) is 8.20. The Morgan fingerprint density at radius 1 is 1.00 bits per heavy atom. The van der Waals surface area contributed by atoms with Crippen molar-refractivity contribution in [2.24, 2.45) is 5.92 Å². The molecular formula is C24H26N4O2. The summed E-state index contributed by atoms with van der Waals surface area (Å²) >= 11 is 0. The Bertz CT molecular complexity index is 1070. The lowest BCUT2D eigenvalue weighted by molar-refractivity contribution is -0.119. The van der Waals surface area contributed by atoms with Gasteiger partial charge < -0.3 is 5.11 Å². The minimum absolute atomic E-state index is 0.157. The zero-order valence-electron chi connectivity index (χ0n) is 17.0. The number of carbonyl (C=O) groups is 1. The number of ketones is 1. The van der Waals surface area contributed by atoms with Gasteiger partial charge in [0.05, 0.1) is 23.7 Å². The first-order valence-electron chi connectivity index (χ1n) is 10.8. The number of aromatic nitrogens is 3. The fraction of sp³-hybridized carbons (Fsp3) is 0.417. The van der Waals surface area contributed by atoms with Gasteiger partial charge in [-0.25, -0.2) is 0 Å². The van der Waals surface area contributed by atoms with Gasteiger partial charge in [0, 0.05) is 48.9 Å². The van der Waals surface area contributed by atoms with Crippen molar-refractivity contribution in [2.75, 3.05) is 13.1 Å². The summed E-state index contributed by atoms with van der Waals surface area (Å²) in [6.45, 7) is 2.69. The van der Waals surface area contributed by atoms with E-state index in [0.29, 0.717) is 6.42 Å². The summed E-state index contributed by atoms with van der Waals surface area (Å²) in [4.78, 5) is 18.9. The largest absolute Gasteiger partial charge is 0.393 e. The highest BCUT2D eigenvalue weighted by Crippen LogP contribution is 2.31. The maximum Gasteiger partial charge on any atom is 0.141 e. The van der Waals surface area contributed by atoms with Crippen LogP contribution in [0.25, 0.3) is 22.0 Å². The van der Waals surface area contributed by atoms with E-state index < -0.39 is 0 Å². The molecule has 154 valence electrons. The van der Waals surface area contributed by atoms with E-state index in [2.05, 4.69) is 32.2 Å².